The Morgan fingerprint density at radius 2 is 1.41 bits per heavy atom. The van der Waals surface area contributed by atoms with E-state index in [9.17, 15) is 4.39 Å². The van der Waals surface area contributed by atoms with E-state index in [4.69, 9.17) is 23.2 Å². The minimum atomic E-state index is -1.92. The van der Waals surface area contributed by atoms with E-state index < -0.39 is 26.6 Å². The molecule has 0 aliphatic carbocycles. The molecule has 1 aliphatic heterocycles. The van der Waals surface area contributed by atoms with Gasteiger partial charge in [0, 0.05) is 18.7 Å². The zero-order valence-electron chi connectivity index (χ0n) is 27.2. The van der Waals surface area contributed by atoms with Crippen molar-refractivity contribution in [1.82, 2.24) is 0 Å². The van der Waals surface area contributed by atoms with Gasteiger partial charge in [-0.3, -0.25) is 0 Å². The first-order valence-electron chi connectivity index (χ1n) is 15.3. The highest BCUT2D eigenvalue weighted by molar-refractivity contribution is 6.77. The van der Waals surface area contributed by atoms with E-state index in [2.05, 4.69) is 53.7 Å². The average Bonchev–Trinajstić information content (AvgIpc) is 3.11. The van der Waals surface area contributed by atoms with E-state index in [0.717, 1.165) is 23.3 Å². The zero-order valence-corrected chi connectivity index (χ0v) is 28.2. The summed E-state index contributed by atoms with van der Waals surface area (Å²) in [5.74, 6) is 0.394. The number of hydrogen-bond donors (Lipinski definition) is 0. The van der Waals surface area contributed by atoms with Crippen LogP contribution in [0, 0.1) is 5.82 Å². The maximum atomic E-state index is 14.7. The maximum absolute atomic E-state index is 14.7. The molecule has 8 heteroatoms. The fraction of sp³-hybridized carbons (Fsp3) is 0.636. The van der Waals surface area contributed by atoms with Crippen LogP contribution < -0.4 is 10.2 Å². The molecule has 0 radical (unpaired) electrons. The van der Waals surface area contributed by atoms with Gasteiger partial charge >= 0.3 is 7.12 Å². The molecule has 0 bridgehead atoms. The van der Waals surface area contributed by atoms with Crippen LogP contribution in [0.3, 0.4) is 0 Å². The second kappa shape index (κ2) is 13.7. The highest BCUT2D eigenvalue weighted by Gasteiger charge is 2.52. The third-order valence-electron chi connectivity index (χ3n) is 9.03. The van der Waals surface area contributed by atoms with Crippen LogP contribution >= 0.6 is 0 Å². The Balaban J connectivity index is 1.64. The summed E-state index contributed by atoms with van der Waals surface area (Å²) in [6.07, 6.45) is 0.776. The lowest BCUT2D eigenvalue weighted by molar-refractivity contribution is 0.00578. The van der Waals surface area contributed by atoms with Crippen LogP contribution in [0.5, 0.6) is 5.75 Å². The van der Waals surface area contributed by atoms with Gasteiger partial charge in [-0.15, -0.1) is 0 Å². The normalized spacial score (nSPS) is 17.6. The second-order valence-electron chi connectivity index (χ2n) is 13.2. The fourth-order valence-corrected chi connectivity index (χ4v) is 11.6. The summed E-state index contributed by atoms with van der Waals surface area (Å²) in [6, 6.07) is 13.0. The van der Waals surface area contributed by atoms with Crippen LogP contribution in [0.25, 0.3) is 0 Å². The van der Waals surface area contributed by atoms with Crippen molar-refractivity contribution in [3.8, 4) is 5.75 Å². The monoisotopic (exact) mass is 586 g/mol. The number of ether oxygens (including phenoxy) is 2. The standard InChI is InChI=1S/C33H52BFO5Si/c1-12-36-31(19-20-38-41(23(2)3,24(4)5)25(6)7)27-14-16-28(17-15-27)37-22-26-13-18-30(35)29(21-26)34-39-32(8,9)33(10,11)40-34/h13-18,21,23-25,31H,12,19-20,22H2,1-11H3/t31-/m0/s1. The Bertz CT molecular complexity index is 1080. The number of rotatable bonds is 14. The van der Waals surface area contributed by atoms with Gasteiger partial charge in [-0.1, -0.05) is 65.8 Å². The molecule has 41 heavy (non-hydrogen) atoms. The van der Waals surface area contributed by atoms with Crippen molar-refractivity contribution in [2.24, 2.45) is 0 Å². The van der Waals surface area contributed by atoms with E-state index >= 15 is 0 Å². The first kappa shape index (κ1) is 33.8. The maximum Gasteiger partial charge on any atom is 0.497 e. The summed E-state index contributed by atoms with van der Waals surface area (Å²) in [4.78, 5) is 0. The summed E-state index contributed by atoms with van der Waals surface area (Å²) in [5.41, 5.74) is 2.94. The van der Waals surface area contributed by atoms with Crippen LogP contribution in [-0.2, 0) is 25.1 Å². The molecule has 0 amide bonds. The van der Waals surface area contributed by atoms with Gasteiger partial charge in [0.05, 0.1) is 17.3 Å². The summed E-state index contributed by atoms with van der Waals surface area (Å²) in [7, 11) is -2.67. The lowest BCUT2D eigenvalue weighted by atomic mass is 9.78. The van der Waals surface area contributed by atoms with E-state index in [1.165, 1.54) is 6.07 Å². The van der Waals surface area contributed by atoms with Crippen molar-refractivity contribution in [3.63, 3.8) is 0 Å². The molecule has 1 saturated heterocycles. The molecular formula is C33H52BFO5Si. The minimum absolute atomic E-state index is 0.0354. The Morgan fingerprint density at radius 3 is 1.93 bits per heavy atom. The van der Waals surface area contributed by atoms with Gasteiger partial charge < -0.3 is 23.2 Å². The Hall–Kier alpha value is -1.71. The van der Waals surface area contributed by atoms with Crippen LogP contribution in [-0.4, -0.2) is 39.9 Å². The highest BCUT2D eigenvalue weighted by Crippen LogP contribution is 2.42. The molecule has 0 N–H and O–H groups in total. The van der Waals surface area contributed by atoms with Gasteiger partial charge in [-0.05, 0) is 87.0 Å². The van der Waals surface area contributed by atoms with Gasteiger partial charge in [0.1, 0.15) is 18.2 Å². The lowest BCUT2D eigenvalue weighted by Gasteiger charge is -2.42. The third kappa shape index (κ3) is 7.63. The first-order valence-corrected chi connectivity index (χ1v) is 17.4. The van der Waals surface area contributed by atoms with Crippen LogP contribution in [0.4, 0.5) is 4.39 Å². The minimum Gasteiger partial charge on any atom is -0.489 e. The molecule has 1 fully saturated rings. The molecule has 2 aromatic carbocycles. The molecule has 0 aromatic heterocycles. The predicted molar refractivity (Wildman–Crippen MR) is 169 cm³/mol. The number of hydrogen-bond acceptors (Lipinski definition) is 5. The van der Waals surface area contributed by atoms with E-state index in [0.29, 0.717) is 41.9 Å². The van der Waals surface area contributed by atoms with Gasteiger partial charge in [0.25, 0.3) is 0 Å². The van der Waals surface area contributed by atoms with Gasteiger partial charge in [0.2, 0.25) is 0 Å². The van der Waals surface area contributed by atoms with Crippen molar-refractivity contribution >= 4 is 20.9 Å². The number of benzene rings is 2. The van der Waals surface area contributed by atoms with E-state index in [-0.39, 0.29) is 11.9 Å². The van der Waals surface area contributed by atoms with Crippen molar-refractivity contribution in [2.45, 2.75) is 123 Å². The summed E-state index contributed by atoms with van der Waals surface area (Å²) >= 11 is 0. The van der Waals surface area contributed by atoms with Crippen molar-refractivity contribution in [2.75, 3.05) is 13.2 Å². The van der Waals surface area contributed by atoms with Gasteiger partial charge in [-0.2, -0.15) is 0 Å². The molecule has 5 nitrogen and oxygen atoms in total. The molecule has 1 atom stereocenters. The molecular weight excluding hydrogens is 534 g/mol. The van der Waals surface area contributed by atoms with E-state index in [1.54, 1.807) is 12.1 Å². The quantitative estimate of drug-likeness (QED) is 0.208. The van der Waals surface area contributed by atoms with Crippen molar-refractivity contribution in [3.05, 3.63) is 59.4 Å². The average molecular weight is 587 g/mol. The largest absolute Gasteiger partial charge is 0.497 e. The Morgan fingerprint density at radius 1 is 0.854 bits per heavy atom. The molecule has 3 rings (SSSR count). The van der Waals surface area contributed by atoms with E-state index in [1.807, 2.05) is 46.8 Å². The van der Waals surface area contributed by atoms with Crippen molar-refractivity contribution in [1.29, 1.82) is 0 Å². The van der Waals surface area contributed by atoms with Gasteiger partial charge in [-0.25, -0.2) is 4.39 Å². The molecule has 1 heterocycles. The Labute approximate surface area is 249 Å². The second-order valence-corrected chi connectivity index (χ2v) is 18.7. The topological polar surface area (TPSA) is 46.2 Å². The molecule has 0 spiro atoms. The SMILES string of the molecule is CCO[C@@H](CCO[Si](C(C)C)(C(C)C)C(C)C)c1ccc(OCc2ccc(F)c(B3OC(C)(C)C(C)(C)O3)c2)cc1. The number of halogens is 1. The Kier molecular flexibility index (Phi) is 11.3. The smallest absolute Gasteiger partial charge is 0.489 e. The molecule has 1 aliphatic rings. The fourth-order valence-electron chi connectivity index (χ4n) is 6.17. The molecule has 228 valence electrons. The molecule has 0 unspecified atom stereocenters. The molecule has 2 aromatic rings. The van der Waals surface area contributed by atoms with Crippen LogP contribution in [0.15, 0.2) is 42.5 Å². The zero-order chi connectivity index (χ0) is 30.6. The summed E-state index contributed by atoms with van der Waals surface area (Å²) in [6.45, 7) is 25.4. The van der Waals surface area contributed by atoms with Crippen LogP contribution in [0.1, 0.15) is 99.8 Å². The summed E-state index contributed by atoms with van der Waals surface area (Å²) in [5, 5.41) is 0. The summed E-state index contributed by atoms with van der Waals surface area (Å²) < 4.78 is 45.8. The predicted octanol–water partition coefficient (Wildman–Crippen LogP) is 8.36. The highest BCUT2D eigenvalue weighted by atomic mass is 28.4. The first-order chi connectivity index (χ1) is 19.1. The lowest BCUT2D eigenvalue weighted by Crippen LogP contribution is -2.48. The third-order valence-corrected chi connectivity index (χ3v) is 15.2. The molecule has 0 saturated carbocycles. The van der Waals surface area contributed by atoms with Gasteiger partial charge in [0.15, 0.2) is 8.32 Å². The van der Waals surface area contributed by atoms with Crippen molar-refractivity contribution < 1.29 is 27.6 Å². The van der Waals surface area contributed by atoms with Crippen LogP contribution in [0.2, 0.25) is 16.6 Å².